The summed E-state index contributed by atoms with van der Waals surface area (Å²) in [5.41, 5.74) is -8.64. The summed E-state index contributed by atoms with van der Waals surface area (Å²) < 4.78 is 123. The summed E-state index contributed by atoms with van der Waals surface area (Å²) in [7, 11) is -11.2. The second-order valence-corrected chi connectivity index (χ2v) is 10.9. The van der Waals surface area contributed by atoms with Crippen LogP contribution in [0.2, 0.25) is 0 Å². The lowest BCUT2D eigenvalue weighted by atomic mass is 9.86. The van der Waals surface area contributed by atoms with E-state index < -0.39 is 42.9 Å². The summed E-state index contributed by atoms with van der Waals surface area (Å²) in [5.74, 6) is -1.30. The van der Waals surface area contributed by atoms with Crippen LogP contribution in [0.3, 0.4) is 0 Å². The molecule has 1 N–H and O–H groups in total. The molecule has 0 aliphatic carbocycles. The number of hydrogen-bond acceptors (Lipinski definition) is 4. The zero-order valence-corrected chi connectivity index (χ0v) is 18.5. The molecule has 0 atom stereocenters. The first-order chi connectivity index (χ1) is 15.0. The van der Waals surface area contributed by atoms with Crippen molar-refractivity contribution in [3.05, 3.63) is 71.6 Å². The second kappa shape index (κ2) is 7.97. The Morgan fingerprint density at radius 3 is 1.18 bits per heavy atom. The third-order valence-corrected chi connectivity index (χ3v) is 7.81. The molecule has 0 saturated carbocycles. The quantitative estimate of drug-likeness (QED) is 0.607. The minimum absolute atomic E-state index is 0.0400. The molecule has 0 bridgehead atoms. The van der Waals surface area contributed by atoms with Crippen molar-refractivity contribution in [1.29, 1.82) is 0 Å². The van der Waals surface area contributed by atoms with Gasteiger partial charge in [0.2, 0.25) is 0 Å². The number of nitrogens with one attached hydrogen (secondary N) is 1. The molecule has 0 aromatic carbocycles. The lowest BCUT2D eigenvalue weighted by molar-refractivity contribution is -0.0474. The molecular weight excluding hydrogens is 500 g/mol. The first kappa shape index (κ1) is 25.0. The Morgan fingerprint density at radius 1 is 0.667 bits per heavy atom. The highest BCUT2D eigenvalue weighted by Crippen LogP contribution is 2.39. The van der Waals surface area contributed by atoms with Crippen molar-refractivity contribution in [2.45, 2.75) is 36.7 Å². The summed E-state index contributed by atoms with van der Waals surface area (Å²) >= 11 is 0. The van der Waals surface area contributed by atoms with Gasteiger partial charge in [0.05, 0.1) is 0 Å². The monoisotopic (exact) mass is 517 g/mol. The van der Waals surface area contributed by atoms with Crippen molar-refractivity contribution in [1.82, 2.24) is 13.6 Å². The number of rotatable bonds is 4. The van der Waals surface area contributed by atoms with Crippen LogP contribution in [-0.2, 0) is 20.0 Å². The third kappa shape index (κ3) is 4.30. The molecule has 2 aliphatic rings. The van der Waals surface area contributed by atoms with Crippen LogP contribution in [0.15, 0.2) is 49.1 Å². The van der Waals surface area contributed by atoms with E-state index in [2.05, 4.69) is 4.98 Å². The van der Waals surface area contributed by atoms with Crippen LogP contribution in [0, 0.1) is 13.8 Å². The summed E-state index contributed by atoms with van der Waals surface area (Å²) in [4.78, 5) is 3.04. The van der Waals surface area contributed by atoms with E-state index in [1.165, 1.54) is 24.3 Å². The van der Waals surface area contributed by atoms with E-state index in [1.54, 1.807) is 13.8 Å². The molecule has 0 saturated heterocycles. The zero-order valence-electron chi connectivity index (χ0n) is 16.9. The van der Waals surface area contributed by atoms with Crippen molar-refractivity contribution >= 4 is 20.0 Å². The maximum atomic E-state index is 12.8. The highest BCUT2D eigenvalue weighted by molar-refractivity contribution is 7.90. The fourth-order valence-electron chi connectivity index (χ4n) is 3.56. The fraction of sp³-hybridized carbons (Fsp3) is 0.333. The van der Waals surface area contributed by atoms with Gasteiger partial charge in [0, 0.05) is 48.0 Å². The van der Waals surface area contributed by atoms with Gasteiger partial charge in [-0.15, -0.1) is 0 Å². The Bertz CT molecular complexity index is 1150. The van der Waals surface area contributed by atoms with E-state index in [4.69, 9.17) is 0 Å². The molecule has 0 unspecified atom stereocenters. The summed E-state index contributed by atoms with van der Waals surface area (Å²) in [6.07, 6.45) is 8.01. The number of nitrogens with zero attached hydrogens (tertiary/aromatic N) is 2. The topological polar surface area (TPSA) is 90.6 Å². The van der Waals surface area contributed by atoms with Crippen molar-refractivity contribution in [3.63, 3.8) is 0 Å². The molecule has 3 rings (SSSR count). The van der Waals surface area contributed by atoms with Gasteiger partial charge >= 0.3 is 31.1 Å². The van der Waals surface area contributed by atoms with Gasteiger partial charge in [0.25, 0.3) is 0 Å². The molecule has 0 fully saturated rings. The Hall–Kier alpha value is -2.68. The summed E-state index contributed by atoms with van der Waals surface area (Å²) in [5, 5.41) is 0. The lowest BCUT2D eigenvalue weighted by Gasteiger charge is -2.25. The maximum absolute atomic E-state index is 12.8. The second-order valence-electron chi connectivity index (χ2n) is 7.18. The fourth-order valence-corrected chi connectivity index (χ4v) is 4.96. The number of alkyl halides is 6. The number of hydrogen-bond donors (Lipinski definition) is 1. The van der Waals surface area contributed by atoms with E-state index in [1.807, 2.05) is 0 Å². The van der Waals surface area contributed by atoms with Gasteiger partial charge in [-0.2, -0.15) is 43.2 Å². The predicted octanol–water partition coefficient (Wildman–Crippen LogP) is 4.18. The Labute approximate surface area is 185 Å². The minimum atomic E-state index is -5.60. The molecule has 7 nitrogen and oxygen atoms in total. The Morgan fingerprint density at radius 2 is 0.939 bits per heavy atom. The molecule has 182 valence electrons. The highest BCUT2D eigenvalue weighted by atomic mass is 32.2. The third-order valence-electron chi connectivity index (χ3n) is 5.04. The Balaban J connectivity index is 1.92. The number of aryl methyl sites for hydroxylation is 2. The van der Waals surface area contributed by atoms with Crippen LogP contribution in [0.4, 0.5) is 26.3 Å². The van der Waals surface area contributed by atoms with Gasteiger partial charge in [0.1, 0.15) is 0 Å². The van der Waals surface area contributed by atoms with E-state index in [-0.39, 0.29) is 8.61 Å². The van der Waals surface area contributed by atoms with Crippen molar-refractivity contribution in [3.8, 4) is 0 Å². The van der Waals surface area contributed by atoms with Crippen LogP contribution in [-0.4, -0.2) is 41.4 Å². The first-order valence-electron chi connectivity index (χ1n) is 9.10. The number of sulfonamides is 2. The number of H-pyrrole nitrogens is 1. The molecule has 3 heterocycles. The summed E-state index contributed by atoms with van der Waals surface area (Å²) in [6.45, 7) is 3.34. The smallest absolute Gasteiger partial charge is 0.362 e. The molecule has 0 radical (unpaired) electrons. The average molecular weight is 517 g/mol. The van der Waals surface area contributed by atoms with Gasteiger partial charge in [-0.05, 0) is 25.0 Å². The molecule has 2 aliphatic heterocycles. The van der Waals surface area contributed by atoms with Crippen LogP contribution in [0.1, 0.15) is 34.4 Å². The number of halogens is 6. The highest BCUT2D eigenvalue weighted by Gasteiger charge is 2.50. The van der Waals surface area contributed by atoms with Crippen molar-refractivity contribution < 1.29 is 43.2 Å². The molecule has 1 aromatic rings. The van der Waals surface area contributed by atoms with Crippen LogP contribution in [0.5, 0.6) is 0 Å². The molecule has 0 spiro atoms. The van der Waals surface area contributed by atoms with E-state index in [0.717, 1.165) is 24.8 Å². The normalized spacial score (nSPS) is 18.5. The van der Waals surface area contributed by atoms with Crippen molar-refractivity contribution in [2.75, 3.05) is 0 Å². The van der Waals surface area contributed by atoms with E-state index >= 15 is 0 Å². The molecular formula is C18H17F6N3O4S2. The van der Waals surface area contributed by atoms with Gasteiger partial charge in [-0.3, -0.25) is 0 Å². The lowest BCUT2D eigenvalue weighted by Crippen LogP contribution is -2.35. The van der Waals surface area contributed by atoms with Crippen molar-refractivity contribution in [2.24, 2.45) is 0 Å². The first-order valence-corrected chi connectivity index (χ1v) is 12.0. The summed E-state index contributed by atoms with van der Waals surface area (Å²) in [6, 6.07) is 0. The van der Waals surface area contributed by atoms with Gasteiger partial charge in [-0.1, -0.05) is 24.3 Å². The maximum Gasteiger partial charge on any atom is 0.517 e. The van der Waals surface area contributed by atoms with Crippen LogP contribution < -0.4 is 0 Å². The van der Waals surface area contributed by atoms with Gasteiger partial charge in [0.15, 0.2) is 0 Å². The van der Waals surface area contributed by atoms with Crippen LogP contribution in [0.25, 0.3) is 0 Å². The Kier molecular flexibility index (Phi) is 6.03. The standard InChI is InChI=1S/C18H17F6N3O4S2/c1-11-15(13-3-7-26(8-4-13)32(28,29)17(19,20)21)16(12(2)25-11)14-5-9-27(10-6-14)33(30,31)18(22,23)24/h3-10,13-14,25H,1-2H3. The zero-order chi connectivity index (χ0) is 25.0. The van der Waals surface area contributed by atoms with Gasteiger partial charge < -0.3 is 4.98 Å². The SMILES string of the molecule is Cc1[nH]c(C)c(C2C=CN(S(=O)(=O)C(F)(F)F)C=C2)c1C1C=CN(S(=O)(=O)C(F)(F)F)C=C1. The van der Waals surface area contributed by atoms with Gasteiger partial charge in [-0.25, -0.2) is 8.61 Å². The average Bonchev–Trinajstić information content (AvgIpc) is 3.00. The minimum Gasteiger partial charge on any atom is -0.362 e. The molecule has 15 heteroatoms. The number of allylic oxidation sites excluding steroid dienone is 4. The number of aromatic nitrogens is 1. The largest absolute Gasteiger partial charge is 0.517 e. The number of aromatic amines is 1. The van der Waals surface area contributed by atoms with Crippen LogP contribution >= 0.6 is 0 Å². The predicted molar refractivity (Wildman–Crippen MR) is 106 cm³/mol. The van der Waals surface area contributed by atoms with E-state index in [0.29, 0.717) is 22.5 Å². The molecule has 1 aromatic heterocycles. The molecule has 0 amide bonds. The van der Waals surface area contributed by atoms with E-state index in [9.17, 15) is 43.2 Å². The molecule has 33 heavy (non-hydrogen) atoms.